The highest BCUT2D eigenvalue weighted by Crippen LogP contribution is 2.15. The molecule has 0 saturated heterocycles. The van der Waals surface area contributed by atoms with Gasteiger partial charge >= 0.3 is 0 Å². The minimum absolute atomic E-state index is 0.106. The highest BCUT2D eigenvalue weighted by atomic mass is 14.7. The summed E-state index contributed by atoms with van der Waals surface area (Å²) in [4.78, 5) is 0. The van der Waals surface area contributed by atoms with Gasteiger partial charge in [-0.15, -0.1) is 0 Å². The molecule has 0 fully saturated rings. The molecule has 0 bridgehead atoms. The van der Waals surface area contributed by atoms with E-state index in [2.05, 4.69) is 0 Å². The predicted octanol–water partition coefficient (Wildman–Crippen LogP) is 1.05. The summed E-state index contributed by atoms with van der Waals surface area (Å²) < 4.78 is 0. The summed E-state index contributed by atoms with van der Waals surface area (Å²) in [6.45, 7) is 4.51. The lowest BCUT2D eigenvalue weighted by molar-refractivity contribution is 1.03. The molecule has 0 atom stereocenters. The molecule has 3 nitrogen and oxygen atoms in total. The van der Waals surface area contributed by atoms with Crippen molar-refractivity contribution in [3.8, 4) is 0 Å². The molecule has 1 rings (SSSR count). The van der Waals surface area contributed by atoms with E-state index in [1.165, 1.54) is 0 Å². The van der Waals surface area contributed by atoms with Gasteiger partial charge in [0, 0.05) is 12.1 Å². The monoisotopic (exact) mass is 177 g/mol. The highest BCUT2D eigenvalue weighted by Gasteiger charge is 2.04. The van der Waals surface area contributed by atoms with E-state index in [1.807, 2.05) is 26.0 Å². The third kappa shape index (κ3) is 1.87. The fraction of sp³-hybridized carbons (Fsp3) is 0.300. The van der Waals surface area contributed by atoms with E-state index >= 15 is 0 Å². The summed E-state index contributed by atoms with van der Waals surface area (Å²) in [6, 6.07) is 3.80. The molecule has 0 heterocycles. The van der Waals surface area contributed by atoms with Crippen molar-refractivity contribution in [3.05, 3.63) is 34.4 Å². The van der Waals surface area contributed by atoms with Gasteiger partial charge in [-0.2, -0.15) is 0 Å². The first-order valence-electron chi connectivity index (χ1n) is 4.21. The normalized spacial score (nSPS) is 10.1. The third-order valence-electron chi connectivity index (χ3n) is 2.21. The van der Waals surface area contributed by atoms with Crippen LogP contribution in [-0.2, 0) is 6.54 Å². The van der Waals surface area contributed by atoms with E-state index in [0.717, 1.165) is 22.3 Å². The largest absolute Gasteiger partial charge is 0.384 e. The van der Waals surface area contributed by atoms with Gasteiger partial charge in [0.2, 0.25) is 0 Å². The van der Waals surface area contributed by atoms with Crippen LogP contribution in [0.5, 0.6) is 0 Å². The maximum Gasteiger partial charge on any atom is 0.122 e. The number of hydrogen-bond acceptors (Lipinski definition) is 2. The quantitative estimate of drug-likeness (QED) is 0.466. The smallest absolute Gasteiger partial charge is 0.122 e. The first kappa shape index (κ1) is 9.74. The number of benzene rings is 1. The Bertz CT molecular complexity index is 319. The molecule has 70 valence electrons. The van der Waals surface area contributed by atoms with E-state index in [1.54, 1.807) is 0 Å². The Hall–Kier alpha value is -1.35. The van der Waals surface area contributed by atoms with Gasteiger partial charge in [0.1, 0.15) is 5.84 Å². The van der Waals surface area contributed by atoms with Gasteiger partial charge in [0.05, 0.1) is 0 Å². The third-order valence-corrected chi connectivity index (χ3v) is 2.21. The second-order valence-corrected chi connectivity index (χ2v) is 3.21. The van der Waals surface area contributed by atoms with Crippen LogP contribution in [0.1, 0.15) is 22.3 Å². The minimum Gasteiger partial charge on any atom is -0.384 e. The van der Waals surface area contributed by atoms with Crippen molar-refractivity contribution in [2.24, 2.45) is 11.5 Å². The Morgan fingerprint density at radius 1 is 1.31 bits per heavy atom. The number of amidine groups is 1. The standard InChI is InChI=1S/C10H15N3/c1-6-3-8(10(12)13)4-7(2)9(6)5-11/h3-4H,5,11H2,1-2H3,(H3,12,13). The lowest BCUT2D eigenvalue weighted by Gasteiger charge is -2.09. The lowest BCUT2D eigenvalue weighted by Crippen LogP contribution is -2.13. The fourth-order valence-electron chi connectivity index (χ4n) is 1.47. The lowest BCUT2D eigenvalue weighted by atomic mass is 9.99. The molecule has 3 heteroatoms. The molecular weight excluding hydrogens is 162 g/mol. The van der Waals surface area contributed by atoms with Gasteiger partial charge in [-0.3, -0.25) is 5.41 Å². The number of nitrogens with one attached hydrogen (secondary N) is 1. The number of nitrogens with two attached hydrogens (primary N) is 2. The molecule has 0 spiro atoms. The van der Waals surface area contributed by atoms with Gasteiger partial charge in [0.15, 0.2) is 0 Å². The molecule has 5 N–H and O–H groups in total. The first-order chi connectivity index (χ1) is 6.06. The van der Waals surface area contributed by atoms with Crippen LogP contribution in [0, 0.1) is 19.3 Å². The second-order valence-electron chi connectivity index (χ2n) is 3.21. The van der Waals surface area contributed by atoms with Crippen LogP contribution in [0.3, 0.4) is 0 Å². The molecule has 13 heavy (non-hydrogen) atoms. The summed E-state index contributed by atoms with van der Waals surface area (Å²) in [6.07, 6.45) is 0. The van der Waals surface area contributed by atoms with Crippen molar-refractivity contribution in [1.29, 1.82) is 5.41 Å². The SMILES string of the molecule is Cc1cc(C(=N)N)cc(C)c1CN. The molecule has 1 aromatic carbocycles. The summed E-state index contributed by atoms with van der Waals surface area (Å²) in [5.74, 6) is 0.106. The van der Waals surface area contributed by atoms with E-state index in [4.69, 9.17) is 16.9 Å². The summed E-state index contributed by atoms with van der Waals surface area (Å²) in [5, 5.41) is 7.30. The summed E-state index contributed by atoms with van der Waals surface area (Å²) in [7, 11) is 0. The molecule has 0 unspecified atom stereocenters. The maximum absolute atomic E-state index is 7.30. The summed E-state index contributed by atoms with van der Waals surface area (Å²) in [5.41, 5.74) is 15.1. The van der Waals surface area contributed by atoms with Crippen LogP contribution >= 0.6 is 0 Å². The Morgan fingerprint density at radius 2 is 1.77 bits per heavy atom. The van der Waals surface area contributed by atoms with Crippen molar-refractivity contribution in [3.63, 3.8) is 0 Å². The number of aryl methyl sites for hydroxylation is 2. The average Bonchev–Trinajstić information content (AvgIpc) is 2.03. The van der Waals surface area contributed by atoms with Crippen LogP contribution in [-0.4, -0.2) is 5.84 Å². The van der Waals surface area contributed by atoms with Crippen LogP contribution in [0.4, 0.5) is 0 Å². The summed E-state index contributed by atoms with van der Waals surface area (Å²) >= 11 is 0. The molecule has 0 aliphatic rings. The Morgan fingerprint density at radius 3 is 2.08 bits per heavy atom. The van der Waals surface area contributed by atoms with E-state index in [-0.39, 0.29) is 5.84 Å². The second kappa shape index (κ2) is 3.58. The van der Waals surface area contributed by atoms with E-state index < -0.39 is 0 Å². The van der Waals surface area contributed by atoms with Gasteiger partial charge in [-0.25, -0.2) is 0 Å². The number of rotatable bonds is 2. The van der Waals surface area contributed by atoms with Crippen LogP contribution in [0.25, 0.3) is 0 Å². The number of nitrogen functional groups attached to an aromatic ring is 1. The molecule has 0 aliphatic carbocycles. The minimum atomic E-state index is 0.106. The highest BCUT2D eigenvalue weighted by molar-refractivity contribution is 5.95. The van der Waals surface area contributed by atoms with Crippen molar-refractivity contribution in [2.75, 3.05) is 0 Å². The Labute approximate surface area is 78.3 Å². The van der Waals surface area contributed by atoms with E-state index in [0.29, 0.717) is 6.54 Å². The number of hydrogen-bond donors (Lipinski definition) is 3. The van der Waals surface area contributed by atoms with Gasteiger partial charge in [-0.05, 0) is 42.7 Å². The van der Waals surface area contributed by atoms with Crippen molar-refractivity contribution >= 4 is 5.84 Å². The van der Waals surface area contributed by atoms with E-state index in [9.17, 15) is 0 Å². The topological polar surface area (TPSA) is 75.9 Å². The van der Waals surface area contributed by atoms with Crippen LogP contribution in [0.2, 0.25) is 0 Å². The molecule has 0 amide bonds. The van der Waals surface area contributed by atoms with Gasteiger partial charge in [-0.1, -0.05) is 0 Å². The predicted molar refractivity (Wildman–Crippen MR) is 54.8 cm³/mol. The molecule has 1 aromatic rings. The zero-order valence-corrected chi connectivity index (χ0v) is 8.02. The Balaban J connectivity index is 3.28. The molecule has 0 saturated carbocycles. The van der Waals surface area contributed by atoms with Crippen molar-refractivity contribution in [1.82, 2.24) is 0 Å². The van der Waals surface area contributed by atoms with Crippen LogP contribution in [0.15, 0.2) is 12.1 Å². The molecule has 0 aliphatic heterocycles. The zero-order chi connectivity index (χ0) is 10.0. The average molecular weight is 177 g/mol. The maximum atomic E-state index is 7.30. The zero-order valence-electron chi connectivity index (χ0n) is 8.02. The van der Waals surface area contributed by atoms with Crippen LogP contribution < -0.4 is 11.5 Å². The Kier molecular flexibility index (Phi) is 2.68. The van der Waals surface area contributed by atoms with Gasteiger partial charge in [0.25, 0.3) is 0 Å². The molecule has 0 radical (unpaired) electrons. The molecular formula is C10H15N3. The van der Waals surface area contributed by atoms with Crippen molar-refractivity contribution in [2.45, 2.75) is 20.4 Å². The fourth-order valence-corrected chi connectivity index (χ4v) is 1.47. The van der Waals surface area contributed by atoms with Gasteiger partial charge < -0.3 is 11.5 Å². The molecule has 0 aromatic heterocycles. The van der Waals surface area contributed by atoms with Crippen molar-refractivity contribution < 1.29 is 0 Å². The first-order valence-corrected chi connectivity index (χ1v) is 4.21.